The van der Waals surface area contributed by atoms with Crippen LogP contribution in [-0.2, 0) is 12.6 Å². The largest absolute Gasteiger partial charge is 0.417 e. The SMILES string of the molecule is NCCCc1noc(-c2ccc(C(F)(F)F)cn2)n1. The summed E-state index contributed by atoms with van der Waals surface area (Å²) in [6, 6.07) is 2.12. The van der Waals surface area contributed by atoms with E-state index in [1.165, 1.54) is 6.07 Å². The molecule has 0 spiro atoms. The van der Waals surface area contributed by atoms with Gasteiger partial charge < -0.3 is 10.3 Å². The molecule has 0 bridgehead atoms. The van der Waals surface area contributed by atoms with Gasteiger partial charge in [-0.2, -0.15) is 18.2 Å². The Morgan fingerprint density at radius 2 is 2.05 bits per heavy atom. The summed E-state index contributed by atoms with van der Waals surface area (Å²) < 4.78 is 42.0. The van der Waals surface area contributed by atoms with E-state index in [-0.39, 0.29) is 11.6 Å². The fourth-order valence-electron chi connectivity index (χ4n) is 1.41. The number of nitrogens with two attached hydrogens (primary N) is 1. The first kappa shape index (κ1) is 13.5. The maximum atomic E-state index is 12.4. The predicted molar refractivity (Wildman–Crippen MR) is 59.9 cm³/mol. The number of aryl methyl sites for hydroxylation is 1. The van der Waals surface area contributed by atoms with Gasteiger partial charge in [0, 0.05) is 12.6 Å². The van der Waals surface area contributed by atoms with Crippen molar-refractivity contribution >= 4 is 0 Å². The van der Waals surface area contributed by atoms with E-state index in [0.717, 1.165) is 12.3 Å². The Bertz CT molecular complexity index is 536. The Labute approximate surface area is 106 Å². The molecule has 2 aromatic rings. The van der Waals surface area contributed by atoms with Gasteiger partial charge in [0.15, 0.2) is 5.82 Å². The second-order valence-corrected chi connectivity index (χ2v) is 3.84. The molecule has 0 aliphatic rings. The lowest BCUT2D eigenvalue weighted by molar-refractivity contribution is -0.137. The molecule has 19 heavy (non-hydrogen) atoms. The van der Waals surface area contributed by atoms with E-state index in [0.29, 0.717) is 25.2 Å². The molecule has 0 aliphatic carbocycles. The van der Waals surface area contributed by atoms with Crippen LogP contribution in [-0.4, -0.2) is 21.7 Å². The van der Waals surface area contributed by atoms with E-state index in [9.17, 15) is 13.2 Å². The van der Waals surface area contributed by atoms with Gasteiger partial charge in [-0.25, -0.2) is 0 Å². The van der Waals surface area contributed by atoms with Crippen LogP contribution in [0, 0.1) is 0 Å². The van der Waals surface area contributed by atoms with Gasteiger partial charge in [-0.1, -0.05) is 5.16 Å². The lowest BCUT2D eigenvalue weighted by Gasteiger charge is -2.04. The van der Waals surface area contributed by atoms with Gasteiger partial charge in [-0.05, 0) is 25.1 Å². The van der Waals surface area contributed by atoms with Gasteiger partial charge in [-0.3, -0.25) is 4.98 Å². The zero-order valence-corrected chi connectivity index (χ0v) is 9.81. The fourth-order valence-corrected chi connectivity index (χ4v) is 1.41. The standard InChI is InChI=1S/C11H11F3N4O/c12-11(13,14)7-3-4-8(16-6-7)10-17-9(18-19-10)2-1-5-15/h3-4,6H,1-2,5,15H2. The molecule has 0 saturated carbocycles. The van der Waals surface area contributed by atoms with Crippen LogP contribution in [0.1, 0.15) is 17.8 Å². The molecular formula is C11H11F3N4O. The van der Waals surface area contributed by atoms with Crippen molar-refractivity contribution in [2.24, 2.45) is 5.73 Å². The van der Waals surface area contributed by atoms with Crippen LogP contribution in [0.15, 0.2) is 22.9 Å². The van der Waals surface area contributed by atoms with Crippen molar-refractivity contribution in [3.8, 4) is 11.6 Å². The molecule has 2 N–H and O–H groups in total. The quantitative estimate of drug-likeness (QED) is 0.921. The zero-order valence-electron chi connectivity index (χ0n) is 9.81. The Morgan fingerprint density at radius 1 is 1.26 bits per heavy atom. The topological polar surface area (TPSA) is 77.8 Å². The summed E-state index contributed by atoms with van der Waals surface area (Å²) in [7, 11) is 0. The van der Waals surface area contributed by atoms with E-state index in [1.54, 1.807) is 0 Å². The van der Waals surface area contributed by atoms with E-state index in [1.807, 2.05) is 0 Å². The van der Waals surface area contributed by atoms with E-state index < -0.39 is 11.7 Å². The van der Waals surface area contributed by atoms with E-state index >= 15 is 0 Å². The molecular weight excluding hydrogens is 261 g/mol. The van der Waals surface area contributed by atoms with Crippen molar-refractivity contribution in [2.75, 3.05) is 6.54 Å². The first-order valence-electron chi connectivity index (χ1n) is 5.57. The van der Waals surface area contributed by atoms with Crippen LogP contribution in [0.2, 0.25) is 0 Å². The summed E-state index contributed by atoms with van der Waals surface area (Å²) in [6.07, 6.45) is -2.41. The molecule has 2 rings (SSSR count). The van der Waals surface area contributed by atoms with E-state index in [4.69, 9.17) is 10.3 Å². The molecule has 0 amide bonds. The molecule has 8 heteroatoms. The Hall–Kier alpha value is -1.96. The van der Waals surface area contributed by atoms with Crippen molar-refractivity contribution in [3.05, 3.63) is 29.7 Å². The van der Waals surface area contributed by atoms with E-state index in [2.05, 4.69) is 15.1 Å². The number of pyridine rings is 1. The Balaban J connectivity index is 2.16. The highest BCUT2D eigenvalue weighted by atomic mass is 19.4. The number of rotatable bonds is 4. The third-order valence-corrected chi connectivity index (χ3v) is 2.38. The molecule has 0 atom stereocenters. The number of hydrogen-bond donors (Lipinski definition) is 1. The average Bonchev–Trinajstić information content (AvgIpc) is 2.84. The molecule has 0 radical (unpaired) electrons. The Kier molecular flexibility index (Phi) is 3.79. The minimum Gasteiger partial charge on any atom is -0.332 e. The fraction of sp³-hybridized carbons (Fsp3) is 0.364. The summed E-state index contributed by atoms with van der Waals surface area (Å²) in [5, 5.41) is 3.70. The van der Waals surface area contributed by atoms with Gasteiger partial charge in [0.2, 0.25) is 0 Å². The second-order valence-electron chi connectivity index (χ2n) is 3.84. The lowest BCUT2D eigenvalue weighted by Crippen LogP contribution is -2.05. The summed E-state index contributed by atoms with van der Waals surface area (Å²) in [5.41, 5.74) is 4.73. The highest BCUT2D eigenvalue weighted by Gasteiger charge is 2.30. The van der Waals surface area contributed by atoms with Gasteiger partial charge in [0.05, 0.1) is 5.56 Å². The van der Waals surface area contributed by atoms with Crippen LogP contribution in [0.3, 0.4) is 0 Å². The normalized spacial score (nSPS) is 11.8. The van der Waals surface area contributed by atoms with Crippen molar-refractivity contribution in [1.29, 1.82) is 0 Å². The summed E-state index contributed by atoms with van der Waals surface area (Å²) in [6.45, 7) is 0.502. The maximum absolute atomic E-state index is 12.4. The van der Waals surface area contributed by atoms with Gasteiger partial charge in [0.25, 0.3) is 5.89 Å². The van der Waals surface area contributed by atoms with Gasteiger partial charge >= 0.3 is 6.18 Å². The van der Waals surface area contributed by atoms with Gasteiger partial charge in [0.1, 0.15) is 5.69 Å². The third-order valence-electron chi connectivity index (χ3n) is 2.38. The number of hydrogen-bond acceptors (Lipinski definition) is 5. The van der Waals surface area contributed by atoms with Crippen molar-refractivity contribution in [2.45, 2.75) is 19.0 Å². The summed E-state index contributed by atoms with van der Waals surface area (Å²) >= 11 is 0. The van der Waals surface area contributed by atoms with Gasteiger partial charge in [-0.15, -0.1) is 0 Å². The molecule has 0 aromatic carbocycles. The molecule has 0 saturated heterocycles. The summed E-state index contributed by atoms with van der Waals surface area (Å²) in [4.78, 5) is 7.70. The maximum Gasteiger partial charge on any atom is 0.417 e. The highest BCUT2D eigenvalue weighted by molar-refractivity contribution is 5.46. The number of halogens is 3. The van der Waals surface area contributed by atoms with Crippen LogP contribution in [0.4, 0.5) is 13.2 Å². The molecule has 0 fully saturated rings. The minimum atomic E-state index is -4.41. The first-order chi connectivity index (χ1) is 9.00. The van der Waals surface area contributed by atoms with Crippen molar-refractivity contribution < 1.29 is 17.7 Å². The highest BCUT2D eigenvalue weighted by Crippen LogP contribution is 2.29. The summed E-state index contributed by atoms with van der Waals surface area (Å²) in [5.74, 6) is 0.558. The molecule has 2 heterocycles. The van der Waals surface area contributed by atoms with Crippen molar-refractivity contribution in [3.63, 3.8) is 0 Å². The van der Waals surface area contributed by atoms with Crippen molar-refractivity contribution in [1.82, 2.24) is 15.1 Å². The number of aromatic nitrogens is 3. The monoisotopic (exact) mass is 272 g/mol. The van der Waals surface area contributed by atoms with Crippen LogP contribution in [0.25, 0.3) is 11.6 Å². The number of nitrogens with zero attached hydrogens (tertiary/aromatic N) is 3. The van der Waals surface area contributed by atoms with Crippen LogP contribution < -0.4 is 5.73 Å². The van der Waals surface area contributed by atoms with Crippen LogP contribution in [0.5, 0.6) is 0 Å². The third kappa shape index (κ3) is 3.28. The molecule has 5 nitrogen and oxygen atoms in total. The Morgan fingerprint density at radius 3 is 2.63 bits per heavy atom. The van der Waals surface area contributed by atoms with Crippen LogP contribution >= 0.6 is 0 Å². The lowest BCUT2D eigenvalue weighted by atomic mass is 10.2. The average molecular weight is 272 g/mol. The molecule has 0 aliphatic heterocycles. The molecule has 2 aromatic heterocycles. The molecule has 102 valence electrons. The zero-order chi connectivity index (χ0) is 13.9. The first-order valence-corrected chi connectivity index (χ1v) is 5.57. The second kappa shape index (κ2) is 5.35. The predicted octanol–water partition coefficient (Wildman–Crippen LogP) is 2.04. The molecule has 0 unspecified atom stereocenters. The minimum absolute atomic E-state index is 0.0979. The number of alkyl halides is 3. The smallest absolute Gasteiger partial charge is 0.332 e.